The van der Waals surface area contributed by atoms with E-state index in [1.807, 2.05) is 0 Å². The summed E-state index contributed by atoms with van der Waals surface area (Å²) in [5.74, 6) is 1.03. The van der Waals surface area contributed by atoms with Gasteiger partial charge in [-0.3, -0.25) is 0 Å². The Balaban J connectivity index is 1.76. The molecule has 0 radical (unpaired) electrons. The van der Waals surface area contributed by atoms with E-state index in [4.69, 9.17) is 5.73 Å². The van der Waals surface area contributed by atoms with Crippen LogP contribution in [0.1, 0.15) is 37.3 Å². The van der Waals surface area contributed by atoms with Crippen LogP contribution in [0.25, 0.3) is 0 Å². The van der Waals surface area contributed by atoms with Crippen molar-refractivity contribution in [3.05, 3.63) is 34.3 Å². The minimum absolute atomic E-state index is 0.294. The van der Waals surface area contributed by atoms with Crippen LogP contribution < -0.4 is 11.1 Å². The molecule has 1 fully saturated rings. The summed E-state index contributed by atoms with van der Waals surface area (Å²) in [5.41, 5.74) is 7.10. The number of rotatable bonds is 7. The normalized spacial score (nSPS) is 17.1. The SMILES string of the molecule is NCC(NCCCC1CC1)c1ccc(Br)cc1. The molecule has 1 aliphatic rings. The third-order valence-corrected chi connectivity index (χ3v) is 3.91. The smallest absolute Gasteiger partial charge is 0.0444 e. The van der Waals surface area contributed by atoms with Gasteiger partial charge in [-0.15, -0.1) is 0 Å². The molecule has 3 heteroatoms. The van der Waals surface area contributed by atoms with Crippen LogP contribution in [0.5, 0.6) is 0 Å². The molecule has 2 nitrogen and oxygen atoms in total. The largest absolute Gasteiger partial charge is 0.329 e. The van der Waals surface area contributed by atoms with Gasteiger partial charge in [-0.25, -0.2) is 0 Å². The van der Waals surface area contributed by atoms with Crippen molar-refractivity contribution in [3.63, 3.8) is 0 Å². The number of hydrogen-bond acceptors (Lipinski definition) is 2. The van der Waals surface area contributed by atoms with E-state index in [1.165, 1.54) is 31.2 Å². The Morgan fingerprint density at radius 1 is 1.29 bits per heavy atom. The molecule has 17 heavy (non-hydrogen) atoms. The van der Waals surface area contributed by atoms with Crippen LogP contribution in [-0.2, 0) is 0 Å². The summed E-state index contributed by atoms with van der Waals surface area (Å²) in [5, 5.41) is 3.55. The van der Waals surface area contributed by atoms with E-state index in [2.05, 4.69) is 45.5 Å². The lowest BCUT2D eigenvalue weighted by molar-refractivity contribution is 0.512. The number of hydrogen-bond donors (Lipinski definition) is 2. The fourth-order valence-corrected chi connectivity index (χ4v) is 2.37. The summed E-state index contributed by atoms with van der Waals surface area (Å²) in [7, 11) is 0. The van der Waals surface area contributed by atoms with Gasteiger partial charge in [0.05, 0.1) is 0 Å². The summed E-state index contributed by atoms with van der Waals surface area (Å²) in [6.07, 6.45) is 5.56. The van der Waals surface area contributed by atoms with E-state index in [1.54, 1.807) is 0 Å². The monoisotopic (exact) mass is 296 g/mol. The van der Waals surface area contributed by atoms with Crippen molar-refractivity contribution in [2.45, 2.75) is 31.7 Å². The third-order valence-electron chi connectivity index (χ3n) is 3.38. The van der Waals surface area contributed by atoms with E-state index in [0.29, 0.717) is 12.6 Å². The molecule has 1 unspecified atom stereocenters. The molecule has 94 valence electrons. The maximum absolute atomic E-state index is 5.82. The molecule has 0 saturated heterocycles. The molecule has 0 aromatic heterocycles. The van der Waals surface area contributed by atoms with E-state index in [0.717, 1.165) is 16.9 Å². The molecule has 1 saturated carbocycles. The molecule has 2 rings (SSSR count). The molecule has 0 heterocycles. The predicted octanol–water partition coefficient (Wildman–Crippen LogP) is 3.23. The molecule has 0 amide bonds. The van der Waals surface area contributed by atoms with Crippen molar-refractivity contribution >= 4 is 15.9 Å². The highest BCUT2D eigenvalue weighted by molar-refractivity contribution is 9.10. The summed E-state index contributed by atoms with van der Waals surface area (Å²) in [6, 6.07) is 8.71. The fraction of sp³-hybridized carbons (Fsp3) is 0.571. The van der Waals surface area contributed by atoms with E-state index in [-0.39, 0.29) is 0 Å². The van der Waals surface area contributed by atoms with Gasteiger partial charge in [0.15, 0.2) is 0 Å². The summed E-state index contributed by atoms with van der Waals surface area (Å²) < 4.78 is 1.12. The van der Waals surface area contributed by atoms with Gasteiger partial charge in [0.1, 0.15) is 0 Å². The quantitative estimate of drug-likeness (QED) is 0.758. The number of benzene rings is 1. The Morgan fingerprint density at radius 2 is 2.00 bits per heavy atom. The summed E-state index contributed by atoms with van der Waals surface area (Å²) in [4.78, 5) is 0. The first-order valence-electron chi connectivity index (χ1n) is 6.48. The first-order chi connectivity index (χ1) is 8.29. The van der Waals surface area contributed by atoms with Crippen LogP contribution >= 0.6 is 15.9 Å². The zero-order valence-corrected chi connectivity index (χ0v) is 11.7. The van der Waals surface area contributed by atoms with Crippen molar-refractivity contribution in [2.24, 2.45) is 11.7 Å². The Bertz CT molecular complexity index is 333. The average Bonchev–Trinajstić information content (AvgIpc) is 3.15. The maximum Gasteiger partial charge on any atom is 0.0444 e. The molecule has 3 N–H and O–H groups in total. The molecular weight excluding hydrogens is 276 g/mol. The van der Waals surface area contributed by atoms with Crippen LogP contribution in [0, 0.1) is 5.92 Å². The number of nitrogens with one attached hydrogen (secondary N) is 1. The minimum atomic E-state index is 0.294. The van der Waals surface area contributed by atoms with Gasteiger partial charge >= 0.3 is 0 Å². The van der Waals surface area contributed by atoms with Gasteiger partial charge in [-0.2, -0.15) is 0 Å². The number of halogens is 1. The van der Waals surface area contributed by atoms with E-state index in [9.17, 15) is 0 Å². The maximum atomic E-state index is 5.82. The molecule has 0 bridgehead atoms. The second-order valence-corrected chi connectivity index (χ2v) is 5.80. The molecule has 0 spiro atoms. The lowest BCUT2D eigenvalue weighted by Gasteiger charge is -2.17. The predicted molar refractivity (Wildman–Crippen MR) is 75.9 cm³/mol. The average molecular weight is 297 g/mol. The Kier molecular flexibility index (Phi) is 5.01. The van der Waals surface area contributed by atoms with E-state index < -0.39 is 0 Å². The van der Waals surface area contributed by atoms with Crippen LogP contribution in [0.3, 0.4) is 0 Å². The molecule has 1 aliphatic carbocycles. The first-order valence-corrected chi connectivity index (χ1v) is 7.28. The Labute approximate surface area is 112 Å². The van der Waals surface area contributed by atoms with Crippen LogP contribution in [-0.4, -0.2) is 13.1 Å². The van der Waals surface area contributed by atoms with Crippen molar-refractivity contribution in [3.8, 4) is 0 Å². The lowest BCUT2D eigenvalue weighted by atomic mass is 10.1. The first kappa shape index (κ1) is 13.1. The summed E-state index contributed by atoms with van der Waals surface area (Å²) >= 11 is 3.45. The standard InChI is InChI=1S/C14H21BrN2/c15-13-7-5-12(6-8-13)14(10-16)17-9-1-2-11-3-4-11/h5-8,11,14,17H,1-4,9-10,16H2. The van der Waals surface area contributed by atoms with Crippen LogP contribution in [0.2, 0.25) is 0 Å². The Morgan fingerprint density at radius 3 is 2.59 bits per heavy atom. The zero-order valence-electron chi connectivity index (χ0n) is 10.2. The topological polar surface area (TPSA) is 38.0 Å². The number of nitrogens with two attached hydrogens (primary N) is 1. The van der Waals surface area contributed by atoms with Gasteiger partial charge in [-0.05, 0) is 43.0 Å². The Hall–Kier alpha value is -0.380. The minimum Gasteiger partial charge on any atom is -0.329 e. The van der Waals surface area contributed by atoms with Crippen molar-refractivity contribution < 1.29 is 0 Å². The van der Waals surface area contributed by atoms with E-state index >= 15 is 0 Å². The van der Waals surface area contributed by atoms with Gasteiger partial charge < -0.3 is 11.1 Å². The molecule has 1 aromatic rings. The second kappa shape index (κ2) is 6.53. The van der Waals surface area contributed by atoms with Crippen molar-refractivity contribution in [1.82, 2.24) is 5.32 Å². The zero-order chi connectivity index (χ0) is 12.1. The van der Waals surface area contributed by atoms with Gasteiger partial charge in [0, 0.05) is 17.1 Å². The highest BCUT2D eigenvalue weighted by atomic mass is 79.9. The molecular formula is C14H21BrN2. The van der Waals surface area contributed by atoms with Gasteiger partial charge in [0.25, 0.3) is 0 Å². The van der Waals surface area contributed by atoms with Crippen molar-refractivity contribution in [2.75, 3.05) is 13.1 Å². The molecule has 1 atom stereocenters. The third kappa shape index (κ3) is 4.41. The van der Waals surface area contributed by atoms with Gasteiger partial charge in [0.2, 0.25) is 0 Å². The molecule has 0 aliphatic heterocycles. The van der Waals surface area contributed by atoms with Crippen LogP contribution in [0.15, 0.2) is 28.7 Å². The highest BCUT2D eigenvalue weighted by Crippen LogP contribution is 2.33. The lowest BCUT2D eigenvalue weighted by Crippen LogP contribution is -2.29. The van der Waals surface area contributed by atoms with Crippen LogP contribution in [0.4, 0.5) is 0 Å². The molecule has 1 aromatic carbocycles. The highest BCUT2D eigenvalue weighted by Gasteiger charge is 2.20. The van der Waals surface area contributed by atoms with Gasteiger partial charge in [-0.1, -0.05) is 40.9 Å². The summed E-state index contributed by atoms with van der Waals surface area (Å²) in [6.45, 7) is 1.74. The fourth-order valence-electron chi connectivity index (χ4n) is 2.11. The van der Waals surface area contributed by atoms with Crippen molar-refractivity contribution in [1.29, 1.82) is 0 Å². The second-order valence-electron chi connectivity index (χ2n) is 4.88.